The van der Waals surface area contributed by atoms with Gasteiger partial charge in [-0.3, -0.25) is 0 Å². The van der Waals surface area contributed by atoms with Crippen molar-refractivity contribution in [1.29, 1.82) is 0 Å². The number of nitrogens with two attached hydrogens (primary N) is 1. The molecule has 0 aromatic heterocycles. The van der Waals surface area contributed by atoms with Gasteiger partial charge in [0.1, 0.15) is 0 Å². The number of benzene rings is 1. The Hall–Kier alpha value is -0.850. The maximum atomic E-state index is 8.95. The van der Waals surface area contributed by atoms with Crippen LogP contribution in [-0.2, 0) is 0 Å². The van der Waals surface area contributed by atoms with Gasteiger partial charge in [-0.1, -0.05) is 23.4 Å². The third kappa shape index (κ3) is 4.31. The molecule has 1 aromatic carbocycles. The molecular formula is C15H23N3OS2. The summed E-state index contributed by atoms with van der Waals surface area (Å²) < 4.78 is -0.183. The van der Waals surface area contributed by atoms with E-state index in [0.717, 1.165) is 38.2 Å². The minimum Gasteiger partial charge on any atom is -0.409 e. The third-order valence-corrected chi connectivity index (χ3v) is 6.44. The predicted molar refractivity (Wildman–Crippen MR) is 92.5 cm³/mol. The molecule has 1 aliphatic rings. The van der Waals surface area contributed by atoms with E-state index in [1.54, 1.807) is 11.8 Å². The van der Waals surface area contributed by atoms with Crippen LogP contribution in [0.2, 0.25) is 0 Å². The highest BCUT2D eigenvalue weighted by Gasteiger charge is 2.37. The maximum Gasteiger partial charge on any atom is 0.155 e. The van der Waals surface area contributed by atoms with Gasteiger partial charge in [0, 0.05) is 17.2 Å². The lowest BCUT2D eigenvalue weighted by Gasteiger charge is -2.39. The Bertz CT molecular complexity index is 459. The van der Waals surface area contributed by atoms with Gasteiger partial charge in [-0.15, -0.1) is 11.8 Å². The van der Waals surface area contributed by atoms with Crippen LogP contribution in [0.1, 0.15) is 12.8 Å². The van der Waals surface area contributed by atoms with E-state index in [4.69, 9.17) is 10.9 Å². The molecular weight excluding hydrogens is 302 g/mol. The van der Waals surface area contributed by atoms with E-state index in [2.05, 4.69) is 34.3 Å². The van der Waals surface area contributed by atoms with Gasteiger partial charge in [0.15, 0.2) is 5.84 Å². The number of likely N-dealkylation sites (tertiary alicyclic amines) is 1. The van der Waals surface area contributed by atoms with Crippen molar-refractivity contribution in [3.8, 4) is 0 Å². The molecule has 6 heteroatoms. The zero-order valence-corrected chi connectivity index (χ0v) is 14.0. The van der Waals surface area contributed by atoms with Gasteiger partial charge in [0.25, 0.3) is 0 Å². The van der Waals surface area contributed by atoms with E-state index in [9.17, 15) is 0 Å². The van der Waals surface area contributed by atoms with Crippen molar-refractivity contribution in [2.45, 2.75) is 22.5 Å². The molecule has 1 aliphatic heterocycles. The van der Waals surface area contributed by atoms with Crippen LogP contribution in [0.5, 0.6) is 0 Å². The standard InChI is InChI=1S/C15H23N3OS2/c1-20-15(14(16)17-19)7-9-18(10-8-15)11-12-21-13-5-3-2-4-6-13/h2-6,19H,7-12H2,1H3,(H2,16,17). The highest BCUT2D eigenvalue weighted by atomic mass is 32.2. The monoisotopic (exact) mass is 325 g/mol. The number of rotatable bonds is 6. The second-order valence-electron chi connectivity index (χ2n) is 5.19. The summed E-state index contributed by atoms with van der Waals surface area (Å²) in [6, 6.07) is 10.5. The van der Waals surface area contributed by atoms with Gasteiger partial charge in [0.05, 0.1) is 4.75 Å². The molecule has 1 aromatic rings. The zero-order valence-electron chi connectivity index (χ0n) is 12.4. The van der Waals surface area contributed by atoms with Crippen LogP contribution in [0.25, 0.3) is 0 Å². The lowest BCUT2D eigenvalue weighted by atomic mass is 9.94. The van der Waals surface area contributed by atoms with Crippen molar-refractivity contribution in [3.05, 3.63) is 30.3 Å². The minimum atomic E-state index is -0.183. The van der Waals surface area contributed by atoms with Crippen LogP contribution in [-0.4, -0.2) is 52.3 Å². The van der Waals surface area contributed by atoms with Crippen LogP contribution in [0.15, 0.2) is 40.4 Å². The number of piperidine rings is 1. The topological polar surface area (TPSA) is 61.9 Å². The molecule has 1 saturated heterocycles. The Morgan fingerprint density at radius 1 is 1.33 bits per heavy atom. The summed E-state index contributed by atoms with van der Waals surface area (Å²) in [5, 5.41) is 12.2. The number of oxime groups is 1. The first kappa shape index (κ1) is 16.5. The van der Waals surface area contributed by atoms with Crippen molar-refractivity contribution < 1.29 is 5.21 Å². The molecule has 0 bridgehead atoms. The van der Waals surface area contributed by atoms with E-state index >= 15 is 0 Å². The Balaban J connectivity index is 1.76. The van der Waals surface area contributed by atoms with Gasteiger partial charge >= 0.3 is 0 Å². The molecule has 0 saturated carbocycles. The average molecular weight is 326 g/mol. The second-order valence-corrected chi connectivity index (χ2v) is 7.54. The summed E-state index contributed by atoms with van der Waals surface area (Å²) in [6.07, 6.45) is 3.93. The van der Waals surface area contributed by atoms with Crippen LogP contribution < -0.4 is 5.73 Å². The smallest absolute Gasteiger partial charge is 0.155 e. The van der Waals surface area contributed by atoms with E-state index in [1.165, 1.54) is 4.90 Å². The van der Waals surface area contributed by atoms with Gasteiger partial charge in [0.2, 0.25) is 0 Å². The third-order valence-electron chi connectivity index (χ3n) is 4.05. The van der Waals surface area contributed by atoms with Crippen LogP contribution in [0.3, 0.4) is 0 Å². The SMILES string of the molecule is CSC1(C(N)=NO)CCN(CCSc2ccccc2)CC1. The van der Waals surface area contributed by atoms with Gasteiger partial charge < -0.3 is 15.8 Å². The number of hydrogen-bond acceptors (Lipinski definition) is 5. The quantitative estimate of drug-likeness (QED) is 0.277. The first-order valence-electron chi connectivity index (χ1n) is 7.13. The van der Waals surface area contributed by atoms with Crippen molar-refractivity contribution in [3.63, 3.8) is 0 Å². The molecule has 2 rings (SSSR count). The summed E-state index contributed by atoms with van der Waals surface area (Å²) in [5.41, 5.74) is 5.87. The Kier molecular flexibility index (Phi) is 6.26. The van der Waals surface area contributed by atoms with E-state index in [1.807, 2.05) is 24.1 Å². The molecule has 3 N–H and O–H groups in total. The lowest BCUT2D eigenvalue weighted by molar-refractivity contribution is 0.228. The molecule has 0 unspecified atom stereocenters. The van der Waals surface area contributed by atoms with Crippen molar-refractivity contribution in [2.75, 3.05) is 31.6 Å². The molecule has 21 heavy (non-hydrogen) atoms. The van der Waals surface area contributed by atoms with Gasteiger partial charge in [-0.25, -0.2) is 0 Å². The van der Waals surface area contributed by atoms with Crippen molar-refractivity contribution in [1.82, 2.24) is 4.90 Å². The number of nitrogens with zero attached hydrogens (tertiary/aromatic N) is 2. The average Bonchev–Trinajstić information content (AvgIpc) is 2.56. The molecule has 0 atom stereocenters. The molecule has 116 valence electrons. The number of thioether (sulfide) groups is 2. The van der Waals surface area contributed by atoms with Gasteiger partial charge in [-0.2, -0.15) is 11.8 Å². The minimum absolute atomic E-state index is 0.183. The highest BCUT2D eigenvalue weighted by Crippen LogP contribution is 2.34. The van der Waals surface area contributed by atoms with Crippen molar-refractivity contribution in [2.24, 2.45) is 10.9 Å². The highest BCUT2D eigenvalue weighted by molar-refractivity contribution is 8.00. The summed E-state index contributed by atoms with van der Waals surface area (Å²) in [6.45, 7) is 3.10. The van der Waals surface area contributed by atoms with E-state index in [0.29, 0.717) is 5.84 Å². The maximum absolute atomic E-state index is 8.95. The van der Waals surface area contributed by atoms with Gasteiger partial charge in [-0.05, 0) is 44.3 Å². The molecule has 0 radical (unpaired) electrons. The fourth-order valence-corrected chi connectivity index (χ4v) is 4.38. The Morgan fingerprint density at radius 3 is 2.57 bits per heavy atom. The Morgan fingerprint density at radius 2 is 2.00 bits per heavy atom. The first-order chi connectivity index (χ1) is 10.2. The molecule has 4 nitrogen and oxygen atoms in total. The summed E-state index contributed by atoms with van der Waals surface area (Å²) in [5.74, 6) is 1.47. The summed E-state index contributed by atoms with van der Waals surface area (Å²) >= 11 is 3.60. The second kappa shape index (κ2) is 7.96. The van der Waals surface area contributed by atoms with Crippen LogP contribution in [0.4, 0.5) is 0 Å². The molecule has 0 spiro atoms. The first-order valence-corrected chi connectivity index (χ1v) is 9.34. The fourth-order valence-electron chi connectivity index (χ4n) is 2.60. The predicted octanol–water partition coefficient (Wildman–Crippen LogP) is 2.72. The fraction of sp³-hybridized carbons (Fsp3) is 0.533. The normalized spacial score (nSPS) is 19.6. The lowest BCUT2D eigenvalue weighted by Crippen LogP contribution is -2.50. The summed E-state index contributed by atoms with van der Waals surface area (Å²) in [7, 11) is 0. The van der Waals surface area contributed by atoms with E-state index < -0.39 is 0 Å². The largest absolute Gasteiger partial charge is 0.409 e. The van der Waals surface area contributed by atoms with E-state index in [-0.39, 0.29) is 4.75 Å². The molecule has 0 aliphatic carbocycles. The number of hydrogen-bond donors (Lipinski definition) is 2. The van der Waals surface area contributed by atoms with Crippen molar-refractivity contribution >= 4 is 29.4 Å². The number of amidine groups is 1. The molecule has 1 fully saturated rings. The zero-order chi connectivity index (χ0) is 15.1. The Labute approximate surface area is 135 Å². The van der Waals surface area contributed by atoms with Crippen LogP contribution >= 0.6 is 23.5 Å². The summed E-state index contributed by atoms with van der Waals surface area (Å²) in [4.78, 5) is 3.79. The van der Waals surface area contributed by atoms with Crippen LogP contribution in [0, 0.1) is 0 Å². The molecule has 0 amide bonds. The molecule has 1 heterocycles.